The van der Waals surface area contributed by atoms with E-state index in [1.54, 1.807) is 4.68 Å². The van der Waals surface area contributed by atoms with Gasteiger partial charge in [0.05, 0.1) is 41.8 Å². The van der Waals surface area contributed by atoms with Crippen LogP contribution in [-0.2, 0) is 26.5 Å². The number of nitrogens with one attached hydrogen (secondary N) is 2. The van der Waals surface area contributed by atoms with Crippen molar-refractivity contribution in [1.29, 1.82) is 0 Å². The van der Waals surface area contributed by atoms with E-state index in [1.807, 2.05) is 66.7 Å². The van der Waals surface area contributed by atoms with Crippen LogP contribution in [0, 0.1) is 0 Å². The van der Waals surface area contributed by atoms with Crippen LogP contribution in [0.25, 0.3) is 16.5 Å². The van der Waals surface area contributed by atoms with E-state index in [0.29, 0.717) is 37.7 Å². The zero-order valence-electron chi connectivity index (χ0n) is 27.4. The summed E-state index contributed by atoms with van der Waals surface area (Å²) in [5.41, 5.74) is 3.18. The smallest absolute Gasteiger partial charge is 0.324 e. The number of amides is 2. The molecule has 4 aromatic rings. The fraction of sp³-hybridized carbons (Fsp3) is 0.429. The predicted octanol–water partition coefficient (Wildman–Crippen LogP) is 4.91. The maximum Gasteiger partial charge on any atom is 0.324 e. The number of carbonyl (C=O) groups excluding carboxylic acids is 1. The second-order valence-corrected chi connectivity index (χ2v) is 15.5. The van der Waals surface area contributed by atoms with Crippen molar-refractivity contribution in [1.82, 2.24) is 19.6 Å². The zero-order valence-corrected chi connectivity index (χ0v) is 28.2. The highest BCUT2D eigenvalue weighted by atomic mass is 32.2. The van der Waals surface area contributed by atoms with Crippen molar-refractivity contribution < 1.29 is 22.7 Å². The summed E-state index contributed by atoms with van der Waals surface area (Å²) in [6.45, 7) is 12.8. The molecule has 2 saturated heterocycles. The molecule has 2 N–H and O–H groups in total. The van der Waals surface area contributed by atoms with Gasteiger partial charge in [-0.2, -0.15) is 5.10 Å². The zero-order chi connectivity index (χ0) is 33.0. The van der Waals surface area contributed by atoms with Crippen LogP contribution in [-0.4, -0.2) is 98.1 Å². The van der Waals surface area contributed by atoms with Crippen molar-refractivity contribution in [2.75, 3.05) is 74.7 Å². The Balaban J connectivity index is 1.16. The molecule has 250 valence electrons. The van der Waals surface area contributed by atoms with Crippen LogP contribution in [0.2, 0.25) is 0 Å². The summed E-state index contributed by atoms with van der Waals surface area (Å²) in [6, 6.07) is 21.2. The number of fused-ring (bicyclic) bond motifs is 1. The Morgan fingerprint density at radius 3 is 2.30 bits per heavy atom. The van der Waals surface area contributed by atoms with Crippen LogP contribution < -0.4 is 15.4 Å². The molecule has 3 heterocycles. The van der Waals surface area contributed by atoms with E-state index in [9.17, 15) is 13.2 Å². The summed E-state index contributed by atoms with van der Waals surface area (Å²) in [5, 5.41) is 12.7. The minimum absolute atomic E-state index is 0.202. The predicted molar refractivity (Wildman–Crippen MR) is 186 cm³/mol. The van der Waals surface area contributed by atoms with E-state index in [1.165, 1.54) is 0 Å². The van der Waals surface area contributed by atoms with E-state index >= 15 is 0 Å². The Bertz CT molecular complexity index is 1800. The highest BCUT2D eigenvalue weighted by molar-refractivity contribution is 7.91. The van der Waals surface area contributed by atoms with Crippen molar-refractivity contribution in [3.05, 3.63) is 78.0 Å². The number of hydrogen-bond acceptors (Lipinski definition) is 8. The van der Waals surface area contributed by atoms with Gasteiger partial charge in [-0.05, 0) is 29.8 Å². The van der Waals surface area contributed by atoms with E-state index in [-0.39, 0.29) is 23.0 Å². The SMILES string of the molecule is CC(C)(C)c1cc(NC(=O)Nc2ccc(OCCN3CCOCC3)c3ccccc23)n(-c2ccc(CN3CCS(=O)(=O)CC3)cc2)n1. The second kappa shape index (κ2) is 14.0. The highest BCUT2D eigenvalue weighted by Crippen LogP contribution is 2.32. The van der Waals surface area contributed by atoms with Gasteiger partial charge in [-0.15, -0.1) is 0 Å². The first kappa shape index (κ1) is 33.0. The molecule has 0 radical (unpaired) electrons. The summed E-state index contributed by atoms with van der Waals surface area (Å²) in [7, 11) is -2.92. The number of sulfone groups is 1. The third-order valence-electron chi connectivity index (χ3n) is 8.64. The lowest BCUT2D eigenvalue weighted by atomic mass is 9.92. The third-order valence-corrected chi connectivity index (χ3v) is 10.3. The Kier molecular flexibility index (Phi) is 9.83. The molecule has 0 saturated carbocycles. The molecule has 3 aromatic carbocycles. The minimum Gasteiger partial charge on any atom is -0.492 e. The number of aromatic nitrogens is 2. The molecule has 2 aliphatic heterocycles. The summed E-state index contributed by atoms with van der Waals surface area (Å²) < 4.78 is 37.0. The summed E-state index contributed by atoms with van der Waals surface area (Å²) in [6.07, 6.45) is 0. The van der Waals surface area contributed by atoms with Crippen molar-refractivity contribution in [2.24, 2.45) is 0 Å². The van der Waals surface area contributed by atoms with Gasteiger partial charge in [0, 0.05) is 61.5 Å². The number of anilines is 2. The normalized spacial score (nSPS) is 17.4. The first-order valence-corrected chi connectivity index (χ1v) is 18.0. The molecule has 0 bridgehead atoms. The molecule has 12 heteroatoms. The molecule has 1 aromatic heterocycles. The van der Waals surface area contributed by atoms with Gasteiger partial charge in [0.2, 0.25) is 0 Å². The average molecular weight is 661 g/mol. The molecule has 0 aliphatic carbocycles. The van der Waals surface area contributed by atoms with Crippen molar-refractivity contribution in [2.45, 2.75) is 32.7 Å². The molecule has 0 spiro atoms. The van der Waals surface area contributed by atoms with Crippen LogP contribution in [0.1, 0.15) is 32.0 Å². The Morgan fingerprint density at radius 1 is 0.894 bits per heavy atom. The Labute approximate surface area is 276 Å². The van der Waals surface area contributed by atoms with Gasteiger partial charge in [-0.25, -0.2) is 17.9 Å². The standard InChI is InChI=1S/C35H44N6O5S/c1-35(2,3)32-24-33(41(38-32)27-10-8-26(9-11-27)25-40-17-22-47(43,44)23-18-40)37-34(42)36-30-12-13-31(29-7-5-4-6-28(29)30)46-21-16-39-14-19-45-20-15-39/h4-13,24H,14-23,25H2,1-3H3,(H2,36,37,42). The van der Waals surface area contributed by atoms with Gasteiger partial charge in [0.15, 0.2) is 9.84 Å². The number of morpholine rings is 1. The van der Waals surface area contributed by atoms with Crippen molar-refractivity contribution >= 4 is 38.1 Å². The Hall–Kier alpha value is -3.97. The van der Waals surface area contributed by atoms with E-state index in [2.05, 4.69) is 41.2 Å². The summed E-state index contributed by atoms with van der Waals surface area (Å²) in [5.74, 6) is 1.73. The molecular formula is C35H44N6O5S. The molecule has 47 heavy (non-hydrogen) atoms. The van der Waals surface area contributed by atoms with Gasteiger partial charge >= 0.3 is 6.03 Å². The first-order valence-electron chi connectivity index (χ1n) is 16.2. The molecule has 0 atom stereocenters. The number of carbonyl (C=O) groups is 1. The Morgan fingerprint density at radius 2 is 1.60 bits per heavy atom. The van der Waals surface area contributed by atoms with E-state index < -0.39 is 9.84 Å². The van der Waals surface area contributed by atoms with Crippen LogP contribution >= 0.6 is 0 Å². The molecular weight excluding hydrogens is 616 g/mol. The molecule has 0 unspecified atom stereocenters. The highest BCUT2D eigenvalue weighted by Gasteiger charge is 2.23. The van der Waals surface area contributed by atoms with Crippen LogP contribution in [0.3, 0.4) is 0 Å². The van der Waals surface area contributed by atoms with Crippen LogP contribution in [0.4, 0.5) is 16.3 Å². The largest absolute Gasteiger partial charge is 0.492 e. The van der Waals surface area contributed by atoms with E-state index in [0.717, 1.165) is 66.3 Å². The lowest BCUT2D eigenvalue weighted by Crippen LogP contribution is -2.39. The number of benzene rings is 3. The van der Waals surface area contributed by atoms with Gasteiger partial charge < -0.3 is 14.8 Å². The minimum atomic E-state index is -2.92. The monoisotopic (exact) mass is 660 g/mol. The summed E-state index contributed by atoms with van der Waals surface area (Å²) >= 11 is 0. The van der Waals surface area contributed by atoms with Gasteiger partial charge in [0.25, 0.3) is 0 Å². The van der Waals surface area contributed by atoms with Crippen molar-refractivity contribution in [3.8, 4) is 11.4 Å². The fourth-order valence-electron chi connectivity index (χ4n) is 5.83. The quantitative estimate of drug-likeness (QED) is 0.260. The molecule has 2 amide bonds. The average Bonchev–Trinajstić information content (AvgIpc) is 3.48. The maximum atomic E-state index is 13.5. The molecule has 11 nitrogen and oxygen atoms in total. The van der Waals surface area contributed by atoms with E-state index in [4.69, 9.17) is 14.6 Å². The number of hydrogen-bond donors (Lipinski definition) is 2. The number of nitrogens with zero attached hydrogens (tertiary/aromatic N) is 4. The molecule has 6 rings (SSSR count). The lowest BCUT2D eigenvalue weighted by Gasteiger charge is -2.26. The molecule has 2 aliphatic rings. The van der Waals surface area contributed by atoms with Crippen LogP contribution in [0.15, 0.2) is 66.7 Å². The number of ether oxygens (including phenoxy) is 2. The topological polar surface area (TPSA) is 118 Å². The lowest BCUT2D eigenvalue weighted by molar-refractivity contribution is 0.0323. The van der Waals surface area contributed by atoms with Crippen LogP contribution in [0.5, 0.6) is 5.75 Å². The molecule has 2 fully saturated rings. The number of rotatable bonds is 9. The first-order chi connectivity index (χ1) is 22.5. The fourth-order valence-corrected chi connectivity index (χ4v) is 7.11. The maximum absolute atomic E-state index is 13.5. The second-order valence-electron chi connectivity index (χ2n) is 13.2. The van der Waals surface area contributed by atoms with Gasteiger partial charge in [0.1, 0.15) is 18.2 Å². The number of urea groups is 1. The summed E-state index contributed by atoms with van der Waals surface area (Å²) in [4.78, 5) is 18.0. The third kappa shape index (κ3) is 8.31. The van der Waals surface area contributed by atoms with Gasteiger partial charge in [-0.1, -0.05) is 57.2 Å². The van der Waals surface area contributed by atoms with Crippen molar-refractivity contribution in [3.63, 3.8) is 0 Å². The van der Waals surface area contributed by atoms with Gasteiger partial charge in [-0.3, -0.25) is 15.1 Å².